The Hall–Kier alpha value is -1.59. The molecule has 0 amide bonds. The molecule has 1 aliphatic heterocycles. The van der Waals surface area contributed by atoms with Gasteiger partial charge in [-0.05, 0) is 38.1 Å². The number of likely N-dealkylation sites (N-methyl/N-ethyl adjacent to an activating group) is 1. The summed E-state index contributed by atoms with van der Waals surface area (Å²) in [4.78, 5) is 14.3. The van der Waals surface area contributed by atoms with E-state index in [4.69, 9.17) is 4.42 Å². The van der Waals surface area contributed by atoms with Gasteiger partial charge in [0.1, 0.15) is 0 Å². The number of nitrogens with one attached hydrogen (secondary N) is 1. The zero-order valence-corrected chi connectivity index (χ0v) is 12.5. The molecule has 0 radical (unpaired) electrons. The number of rotatable bonds is 6. The predicted octanol–water partition coefficient (Wildman–Crippen LogP) is 1.67. The first kappa shape index (κ1) is 14.4. The molecule has 1 aliphatic rings. The van der Waals surface area contributed by atoms with Gasteiger partial charge in [-0.3, -0.25) is 4.57 Å². The average Bonchev–Trinajstić information content (AvgIpc) is 3.10. The molecule has 2 heterocycles. The second-order valence-electron chi connectivity index (χ2n) is 5.67. The van der Waals surface area contributed by atoms with Crippen molar-refractivity contribution in [3.8, 4) is 0 Å². The first-order valence-corrected chi connectivity index (χ1v) is 7.82. The normalized spacial score (nSPS) is 18.9. The van der Waals surface area contributed by atoms with Gasteiger partial charge in [0.15, 0.2) is 5.58 Å². The lowest BCUT2D eigenvalue weighted by Gasteiger charge is -2.24. The van der Waals surface area contributed by atoms with E-state index in [1.165, 1.54) is 12.8 Å². The van der Waals surface area contributed by atoms with Crippen molar-refractivity contribution in [2.45, 2.75) is 32.4 Å². The van der Waals surface area contributed by atoms with Crippen molar-refractivity contribution in [3.05, 3.63) is 34.8 Å². The summed E-state index contributed by atoms with van der Waals surface area (Å²) in [6.07, 6.45) is 2.53. The van der Waals surface area contributed by atoms with Gasteiger partial charge in [0.05, 0.1) is 5.52 Å². The van der Waals surface area contributed by atoms with Crippen LogP contribution in [0.4, 0.5) is 0 Å². The molecule has 0 saturated carbocycles. The molecule has 5 nitrogen and oxygen atoms in total. The van der Waals surface area contributed by atoms with Crippen LogP contribution >= 0.6 is 0 Å². The third-order valence-electron chi connectivity index (χ3n) is 4.30. The molecule has 1 aromatic carbocycles. The van der Waals surface area contributed by atoms with E-state index in [1.807, 2.05) is 24.3 Å². The number of oxazole rings is 1. The van der Waals surface area contributed by atoms with Gasteiger partial charge in [-0.25, -0.2) is 4.79 Å². The lowest BCUT2D eigenvalue weighted by atomic mass is 10.2. The molecule has 0 spiro atoms. The highest BCUT2D eigenvalue weighted by Gasteiger charge is 2.17. The summed E-state index contributed by atoms with van der Waals surface area (Å²) >= 11 is 0. The van der Waals surface area contributed by atoms with Crippen molar-refractivity contribution >= 4 is 11.1 Å². The quantitative estimate of drug-likeness (QED) is 0.879. The van der Waals surface area contributed by atoms with Crippen molar-refractivity contribution in [3.63, 3.8) is 0 Å². The summed E-state index contributed by atoms with van der Waals surface area (Å²) in [6.45, 7) is 6.91. The maximum atomic E-state index is 11.9. The fourth-order valence-corrected chi connectivity index (χ4v) is 3.07. The molecular formula is C16H23N3O2. The van der Waals surface area contributed by atoms with Crippen LogP contribution in [0.2, 0.25) is 0 Å². The number of para-hydroxylation sites is 2. The topological polar surface area (TPSA) is 50.4 Å². The highest BCUT2D eigenvalue weighted by molar-refractivity contribution is 5.72. The minimum Gasteiger partial charge on any atom is -0.408 e. The minimum absolute atomic E-state index is 0.258. The Kier molecular flexibility index (Phi) is 4.41. The SMILES string of the molecule is CCN(CCn1c(=O)oc2ccccc21)CC1CCCN1. The van der Waals surface area contributed by atoms with E-state index in [9.17, 15) is 4.79 Å². The van der Waals surface area contributed by atoms with Crippen LogP contribution in [0.1, 0.15) is 19.8 Å². The Bertz CT molecular complexity index is 640. The second kappa shape index (κ2) is 6.45. The summed E-state index contributed by atoms with van der Waals surface area (Å²) in [7, 11) is 0. The Morgan fingerprint density at radius 1 is 1.43 bits per heavy atom. The van der Waals surface area contributed by atoms with E-state index in [0.29, 0.717) is 18.2 Å². The molecular weight excluding hydrogens is 266 g/mol. The van der Waals surface area contributed by atoms with E-state index in [0.717, 1.165) is 31.7 Å². The molecule has 0 aliphatic carbocycles. The smallest absolute Gasteiger partial charge is 0.408 e. The van der Waals surface area contributed by atoms with E-state index < -0.39 is 0 Å². The third kappa shape index (κ3) is 3.19. The lowest BCUT2D eigenvalue weighted by Crippen LogP contribution is -2.39. The van der Waals surface area contributed by atoms with Crippen LogP contribution in [-0.4, -0.2) is 41.7 Å². The van der Waals surface area contributed by atoms with Crippen molar-refractivity contribution < 1.29 is 4.42 Å². The standard InChI is InChI=1S/C16H23N3O2/c1-2-18(12-13-6-5-9-17-13)10-11-19-14-7-3-4-8-15(14)21-16(19)20/h3-4,7-8,13,17H,2,5-6,9-12H2,1H3. The molecule has 2 aromatic rings. The van der Waals surface area contributed by atoms with Crippen LogP contribution in [0.25, 0.3) is 11.1 Å². The number of hydrogen-bond acceptors (Lipinski definition) is 4. The highest BCUT2D eigenvalue weighted by Crippen LogP contribution is 2.12. The summed E-state index contributed by atoms with van der Waals surface area (Å²) in [5.74, 6) is -0.258. The van der Waals surface area contributed by atoms with Gasteiger partial charge < -0.3 is 14.6 Å². The maximum Gasteiger partial charge on any atom is 0.419 e. The molecule has 1 fully saturated rings. The van der Waals surface area contributed by atoms with Crippen molar-refractivity contribution in [2.75, 3.05) is 26.2 Å². The van der Waals surface area contributed by atoms with E-state index >= 15 is 0 Å². The van der Waals surface area contributed by atoms with Crippen molar-refractivity contribution in [2.24, 2.45) is 0 Å². The fraction of sp³-hybridized carbons (Fsp3) is 0.562. The second-order valence-corrected chi connectivity index (χ2v) is 5.67. The molecule has 114 valence electrons. The Morgan fingerprint density at radius 3 is 3.05 bits per heavy atom. The lowest BCUT2D eigenvalue weighted by molar-refractivity contribution is 0.250. The number of aromatic nitrogens is 1. The Balaban J connectivity index is 1.67. The third-order valence-corrected chi connectivity index (χ3v) is 4.30. The van der Waals surface area contributed by atoms with E-state index in [2.05, 4.69) is 17.1 Å². The predicted molar refractivity (Wildman–Crippen MR) is 83.6 cm³/mol. The molecule has 5 heteroatoms. The number of benzene rings is 1. The average molecular weight is 289 g/mol. The van der Waals surface area contributed by atoms with Gasteiger partial charge in [0, 0.05) is 25.7 Å². The Labute approximate surface area is 124 Å². The molecule has 1 unspecified atom stereocenters. The van der Waals surface area contributed by atoms with Gasteiger partial charge in [0.25, 0.3) is 0 Å². The Morgan fingerprint density at radius 2 is 2.29 bits per heavy atom. The van der Waals surface area contributed by atoms with Gasteiger partial charge in [-0.2, -0.15) is 0 Å². The number of hydrogen-bond donors (Lipinski definition) is 1. The zero-order chi connectivity index (χ0) is 14.7. The zero-order valence-electron chi connectivity index (χ0n) is 12.5. The van der Waals surface area contributed by atoms with Crippen LogP contribution in [0.5, 0.6) is 0 Å². The molecule has 21 heavy (non-hydrogen) atoms. The largest absolute Gasteiger partial charge is 0.419 e. The monoisotopic (exact) mass is 289 g/mol. The van der Waals surface area contributed by atoms with Gasteiger partial charge in [0.2, 0.25) is 0 Å². The van der Waals surface area contributed by atoms with Gasteiger partial charge in [-0.1, -0.05) is 19.1 Å². The van der Waals surface area contributed by atoms with Crippen LogP contribution < -0.4 is 11.1 Å². The maximum absolute atomic E-state index is 11.9. The molecule has 1 atom stereocenters. The van der Waals surface area contributed by atoms with Gasteiger partial charge >= 0.3 is 5.76 Å². The molecule has 0 bridgehead atoms. The highest BCUT2D eigenvalue weighted by atomic mass is 16.4. The van der Waals surface area contributed by atoms with Crippen LogP contribution in [-0.2, 0) is 6.54 Å². The first-order valence-electron chi connectivity index (χ1n) is 7.82. The number of nitrogens with zero attached hydrogens (tertiary/aromatic N) is 2. The number of fused-ring (bicyclic) bond motifs is 1. The van der Waals surface area contributed by atoms with E-state index in [1.54, 1.807) is 4.57 Å². The van der Waals surface area contributed by atoms with Crippen LogP contribution in [0, 0.1) is 0 Å². The molecule has 1 N–H and O–H groups in total. The summed E-state index contributed by atoms with van der Waals surface area (Å²) < 4.78 is 7.01. The first-order chi connectivity index (χ1) is 10.3. The summed E-state index contributed by atoms with van der Waals surface area (Å²) in [5, 5.41) is 3.53. The molecule has 3 rings (SSSR count). The minimum atomic E-state index is -0.258. The van der Waals surface area contributed by atoms with E-state index in [-0.39, 0.29) is 5.76 Å². The summed E-state index contributed by atoms with van der Waals surface area (Å²) in [5.41, 5.74) is 1.56. The van der Waals surface area contributed by atoms with Crippen molar-refractivity contribution in [1.82, 2.24) is 14.8 Å². The molecule has 1 aromatic heterocycles. The van der Waals surface area contributed by atoms with Crippen molar-refractivity contribution in [1.29, 1.82) is 0 Å². The summed E-state index contributed by atoms with van der Waals surface area (Å²) in [6, 6.07) is 8.21. The fourth-order valence-electron chi connectivity index (χ4n) is 3.07. The van der Waals surface area contributed by atoms with Gasteiger partial charge in [-0.15, -0.1) is 0 Å². The van der Waals surface area contributed by atoms with Crippen LogP contribution in [0.15, 0.2) is 33.5 Å². The van der Waals surface area contributed by atoms with Crippen LogP contribution in [0.3, 0.4) is 0 Å². The molecule has 1 saturated heterocycles.